The highest BCUT2D eigenvalue weighted by Crippen LogP contribution is 2.39. The van der Waals surface area contributed by atoms with E-state index in [1.165, 1.54) is 100.0 Å². The van der Waals surface area contributed by atoms with E-state index >= 15 is 0 Å². The lowest BCUT2D eigenvalue weighted by molar-refractivity contribution is 1.13. The van der Waals surface area contributed by atoms with Crippen LogP contribution < -0.4 is 0 Å². The summed E-state index contributed by atoms with van der Waals surface area (Å²) in [6, 6.07) is 84.3. The topological polar surface area (TPSA) is 9.86 Å². The largest absolute Gasteiger partial charge is 0.309 e. The molecule has 0 aliphatic carbocycles. The molecule has 2 heterocycles. The number of rotatable bonds is 8. The molecule has 0 spiro atoms. The van der Waals surface area contributed by atoms with Gasteiger partial charge in [0.1, 0.15) is 0 Å². The highest BCUT2D eigenvalue weighted by molar-refractivity contribution is 6.02. The van der Waals surface area contributed by atoms with Crippen LogP contribution in [-0.4, -0.2) is 9.13 Å². The Labute approximate surface area is 363 Å². The van der Waals surface area contributed by atoms with Crippen molar-refractivity contribution in [2.75, 3.05) is 0 Å². The molecular weight excluding hydrogens is 749 g/mol. The van der Waals surface area contributed by atoms with Crippen molar-refractivity contribution in [2.45, 2.75) is 13.8 Å². The second-order valence-corrected chi connectivity index (χ2v) is 16.4. The monoisotopic (exact) mass is 792 g/mol. The molecule has 0 aliphatic heterocycles. The van der Waals surface area contributed by atoms with Crippen LogP contribution in [0.1, 0.15) is 11.1 Å². The molecule has 9 aromatic carbocycles. The molecule has 0 bridgehead atoms. The number of aryl methyl sites for hydroxylation is 2. The van der Waals surface area contributed by atoms with E-state index in [-0.39, 0.29) is 0 Å². The lowest BCUT2D eigenvalue weighted by atomic mass is 10.00. The second-order valence-electron chi connectivity index (χ2n) is 16.4. The summed E-state index contributed by atoms with van der Waals surface area (Å²) in [5.41, 5.74) is 21.5. The molecule has 0 saturated heterocycles. The molecule has 0 saturated carbocycles. The summed E-state index contributed by atoms with van der Waals surface area (Å²) in [7, 11) is 0. The van der Waals surface area contributed by atoms with Gasteiger partial charge in [0.25, 0.3) is 0 Å². The van der Waals surface area contributed by atoms with Crippen molar-refractivity contribution in [3.05, 3.63) is 242 Å². The van der Waals surface area contributed by atoms with E-state index in [4.69, 9.17) is 0 Å². The van der Waals surface area contributed by atoms with Crippen molar-refractivity contribution in [3.63, 3.8) is 0 Å². The molecule has 2 aromatic heterocycles. The zero-order chi connectivity index (χ0) is 41.6. The molecule has 0 unspecified atom stereocenters. The number of fused-ring (bicyclic) bond motifs is 2. The Bertz CT molecular complexity index is 3090. The van der Waals surface area contributed by atoms with Crippen LogP contribution in [0.15, 0.2) is 231 Å². The fourth-order valence-electron chi connectivity index (χ4n) is 8.92. The van der Waals surface area contributed by atoms with Gasteiger partial charge < -0.3 is 9.13 Å². The van der Waals surface area contributed by atoms with Crippen LogP contribution >= 0.6 is 0 Å². The third-order valence-electron chi connectivity index (χ3n) is 12.3. The summed E-state index contributed by atoms with van der Waals surface area (Å²) in [6.07, 6.45) is 0. The summed E-state index contributed by atoms with van der Waals surface area (Å²) in [5.74, 6) is 0. The van der Waals surface area contributed by atoms with Gasteiger partial charge in [-0.1, -0.05) is 193 Å². The third kappa shape index (κ3) is 6.92. The highest BCUT2D eigenvalue weighted by atomic mass is 15.0. The van der Waals surface area contributed by atoms with E-state index in [0.717, 1.165) is 11.4 Å². The summed E-state index contributed by atoms with van der Waals surface area (Å²) >= 11 is 0. The van der Waals surface area contributed by atoms with Crippen LogP contribution in [0, 0.1) is 13.8 Å². The van der Waals surface area contributed by atoms with E-state index in [0.29, 0.717) is 0 Å². The molecule has 294 valence electrons. The van der Waals surface area contributed by atoms with E-state index in [1.807, 2.05) is 0 Å². The Hall–Kier alpha value is -7.94. The van der Waals surface area contributed by atoms with Crippen molar-refractivity contribution < 1.29 is 0 Å². The summed E-state index contributed by atoms with van der Waals surface area (Å²) in [5, 5.41) is 2.39. The lowest BCUT2D eigenvalue weighted by Crippen LogP contribution is -1.98. The zero-order valence-corrected chi connectivity index (χ0v) is 34.8. The van der Waals surface area contributed by atoms with Crippen molar-refractivity contribution in [3.8, 4) is 78.4 Å². The van der Waals surface area contributed by atoms with E-state index in [1.54, 1.807) is 0 Å². The van der Waals surface area contributed by atoms with Crippen LogP contribution in [0.4, 0.5) is 0 Å². The highest BCUT2D eigenvalue weighted by Gasteiger charge is 2.19. The molecule has 62 heavy (non-hydrogen) atoms. The maximum atomic E-state index is 2.43. The van der Waals surface area contributed by atoms with Gasteiger partial charge in [-0.3, -0.25) is 0 Å². The smallest absolute Gasteiger partial charge is 0.0542 e. The zero-order valence-electron chi connectivity index (χ0n) is 34.8. The van der Waals surface area contributed by atoms with Crippen LogP contribution in [0.3, 0.4) is 0 Å². The lowest BCUT2D eigenvalue weighted by Gasteiger charge is -2.14. The van der Waals surface area contributed by atoms with Crippen molar-refractivity contribution >= 4 is 21.8 Å². The maximum Gasteiger partial charge on any atom is 0.0542 e. The van der Waals surface area contributed by atoms with E-state index in [2.05, 4.69) is 254 Å². The Morgan fingerprint density at radius 2 is 0.500 bits per heavy atom. The van der Waals surface area contributed by atoms with Gasteiger partial charge in [-0.15, -0.1) is 0 Å². The molecule has 11 rings (SSSR count). The average Bonchev–Trinajstić information content (AvgIpc) is 3.90. The first kappa shape index (κ1) is 37.1. The van der Waals surface area contributed by atoms with E-state index in [9.17, 15) is 0 Å². The minimum absolute atomic E-state index is 1.13. The quantitative estimate of drug-likeness (QED) is 0.145. The number of benzene rings is 9. The van der Waals surface area contributed by atoms with Crippen LogP contribution in [-0.2, 0) is 0 Å². The molecular formula is C60H44N2. The first-order chi connectivity index (χ1) is 30.5. The molecule has 0 radical (unpaired) electrons. The summed E-state index contributed by atoms with van der Waals surface area (Å²) in [4.78, 5) is 0. The molecule has 0 fully saturated rings. The molecule has 0 N–H and O–H groups in total. The fourth-order valence-corrected chi connectivity index (χ4v) is 8.92. The van der Waals surface area contributed by atoms with Gasteiger partial charge >= 0.3 is 0 Å². The van der Waals surface area contributed by atoms with Gasteiger partial charge in [-0.2, -0.15) is 0 Å². The number of hydrogen-bond donors (Lipinski definition) is 0. The molecule has 0 aliphatic rings. The minimum Gasteiger partial charge on any atom is -0.309 e. The first-order valence-corrected chi connectivity index (χ1v) is 21.4. The normalized spacial score (nSPS) is 11.4. The van der Waals surface area contributed by atoms with E-state index < -0.39 is 0 Å². The summed E-state index contributed by atoms with van der Waals surface area (Å²) in [6.45, 7) is 4.30. The number of hydrogen-bond acceptors (Lipinski definition) is 0. The van der Waals surface area contributed by atoms with Crippen molar-refractivity contribution in [1.82, 2.24) is 9.13 Å². The van der Waals surface area contributed by atoms with Crippen molar-refractivity contribution in [1.29, 1.82) is 0 Å². The van der Waals surface area contributed by atoms with Crippen molar-refractivity contribution in [2.24, 2.45) is 0 Å². The number of nitrogens with zero attached hydrogens (tertiary/aromatic N) is 2. The van der Waals surface area contributed by atoms with Gasteiger partial charge in [0.2, 0.25) is 0 Å². The molecule has 2 nitrogen and oxygen atoms in total. The Balaban J connectivity index is 1.02. The first-order valence-electron chi connectivity index (χ1n) is 21.4. The molecule has 0 amide bonds. The number of aromatic nitrogens is 2. The predicted octanol–water partition coefficient (Wildman–Crippen LogP) is 16.2. The minimum atomic E-state index is 1.13. The SMILES string of the molecule is Cc1ccc(-c2cc3cc4c(cc(-c5ccc(C)cc5)n4-c4ccc(-c5ccc(-c6ccccc6)cc5)cc4)cc3n2-c2ccc(-c3ccc(-c4ccccc4)cc3)cc2)cc1. The van der Waals surface area contributed by atoms with Crippen LogP contribution in [0.5, 0.6) is 0 Å². The molecule has 0 atom stereocenters. The predicted molar refractivity (Wildman–Crippen MR) is 262 cm³/mol. The van der Waals surface area contributed by atoms with Crippen LogP contribution in [0.2, 0.25) is 0 Å². The van der Waals surface area contributed by atoms with Gasteiger partial charge in [-0.25, -0.2) is 0 Å². The average molecular weight is 793 g/mol. The maximum absolute atomic E-state index is 2.43. The Kier molecular flexibility index (Phi) is 9.32. The van der Waals surface area contributed by atoms with Crippen LogP contribution in [0.25, 0.3) is 100 Å². The van der Waals surface area contributed by atoms with Gasteiger partial charge in [0.15, 0.2) is 0 Å². The second kappa shape index (κ2) is 15.6. The fraction of sp³-hybridized carbons (Fsp3) is 0.0333. The Morgan fingerprint density at radius 1 is 0.242 bits per heavy atom. The molecule has 11 aromatic rings. The summed E-state index contributed by atoms with van der Waals surface area (Å²) < 4.78 is 4.87. The third-order valence-corrected chi connectivity index (χ3v) is 12.3. The standard InChI is InChI=1S/C60H44N2/c1-41-13-17-51(18-14-41)57-37-53-39-60-54(40-59(53)61(57)55-33-29-49(30-34-55)47-25-21-45(22-26-47)43-9-5-3-6-10-43)38-58(52-19-15-42(2)16-20-52)62(60)56-35-31-50(32-36-56)48-27-23-46(24-28-48)44-11-7-4-8-12-44/h3-40H,1-2H3. The Morgan fingerprint density at radius 3 is 0.806 bits per heavy atom. The van der Waals surface area contributed by atoms with Gasteiger partial charge in [0, 0.05) is 22.1 Å². The van der Waals surface area contributed by atoms with Gasteiger partial charge in [-0.05, 0) is 118 Å². The van der Waals surface area contributed by atoms with Gasteiger partial charge in [0.05, 0.1) is 22.4 Å². The molecule has 2 heteroatoms.